The molecule has 2 amide bonds. The van der Waals surface area contributed by atoms with E-state index in [9.17, 15) is 9.59 Å². The van der Waals surface area contributed by atoms with Crippen molar-refractivity contribution in [2.24, 2.45) is 5.92 Å². The lowest BCUT2D eigenvalue weighted by Crippen LogP contribution is -2.44. The van der Waals surface area contributed by atoms with Gasteiger partial charge in [-0.3, -0.25) is 4.79 Å². The van der Waals surface area contributed by atoms with E-state index in [2.05, 4.69) is 22.5 Å². The van der Waals surface area contributed by atoms with Gasteiger partial charge in [0.15, 0.2) is 0 Å². The zero-order valence-corrected chi connectivity index (χ0v) is 13.8. The van der Waals surface area contributed by atoms with Crippen LogP contribution in [-0.2, 0) is 11.2 Å². The monoisotopic (exact) mass is 325 g/mol. The highest BCUT2D eigenvalue weighted by Gasteiger charge is 2.27. The van der Waals surface area contributed by atoms with Crippen LogP contribution in [0.5, 0.6) is 0 Å². The lowest BCUT2D eigenvalue weighted by atomic mass is 9.86. The van der Waals surface area contributed by atoms with E-state index in [1.807, 2.05) is 12.3 Å². The molecule has 2 rings (SSSR count). The molecule has 0 aliphatic heterocycles. The Balaban J connectivity index is 1.77. The van der Waals surface area contributed by atoms with Gasteiger partial charge in [-0.1, -0.05) is 6.92 Å². The third kappa shape index (κ3) is 4.43. The van der Waals surface area contributed by atoms with Crippen LogP contribution in [0, 0.1) is 5.92 Å². The molecule has 1 aromatic rings. The number of nitrogens with one attached hydrogen (secondary N) is 2. The second-order valence-corrected chi connectivity index (χ2v) is 6.69. The van der Waals surface area contributed by atoms with Gasteiger partial charge in [-0.15, -0.1) is 11.3 Å². The summed E-state index contributed by atoms with van der Waals surface area (Å²) >= 11 is 1.61. The molecule has 0 saturated heterocycles. The van der Waals surface area contributed by atoms with Crippen molar-refractivity contribution < 1.29 is 14.7 Å². The maximum absolute atomic E-state index is 12.0. The maximum atomic E-state index is 12.0. The highest BCUT2D eigenvalue weighted by Crippen LogP contribution is 2.24. The zero-order chi connectivity index (χ0) is 16.1. The summed E-state index contributed by atoms with van der Waals surface area (Å²) in [7, 11) is 0. The van der Waals surface area contributed by atoms with Crippen LogP contribution >= 0.6 is 11.3 Å². The molecule has 1 aromatic heterocycles. The van der Waals surface area contributed by atoms with E-state index < -0.39 is 5.97 Å². The molecule has 0 spiro atoms. The fraction of sp³-hybridized carbons (Fsp3) is 0.667. The molecule has 1 atom stereocenters. The number of rotatable bonds is 5. The Bertz CT molecular complexity index is 524. The first kappa shape index (κ1) is 16.7. The fourth-order valence-corrected chi connectivity index (χ4v) is 3.51. The van der Waals surface area contributed by atoms with Gasteiger partial charge < -0.3 is 15.7 Å². The molecule has 1 unspecified atom stereocenters. The molecule has 1 aliphatic rings. The molecule has 22 heavy (non-hydrogen) atoms. The van der Waals surface area contributed by atoms with Crippen molar-refractivity contribution in [3.05, 3.63) is 16.1 Å². The van der Waals surface area contributed by atoms with Crippen LogP contribution in [0.4, 0.5) is 4.79 Å². The number of hydrogen-bond acceptors (Lipinski definition) is 4. The van der Waals surface area contributed by atoms with Crippen LogP contribution in [0.2, 0.25) is 0 Å². The number of aryl methyl sites for hydroxylation is 1. The number of carbonyl (C=O) groups excluding carboxylic acids is 1. The van der Waals surface area contributed by atoms with Gasteiger partial charge in [-0.25, -0.2) is 9.78 Å². The molecule has 7 heteroatoms. The van der Waals surface area contributed by atoms with Crippen LogP contribution in [0.1, 0.15) is 56.3 Å². The fourth-order valence-electron chi connectivity index (χ4n) is 2.67. The van der Waals surface area contributed by atoms with Crippen molar-refractivity contribution in [3.63, 3.8) is 0 Å². The summed E-state index contributed by atoms with van der Waals surface area (Å²) in [5.41, 5.74) is 0.881. The van der Waals surface area contributed by atoms with E-state index in [-0.39, 0.29) is 24.0 Å². The topological polar surface area (TPSA) is 91.3 Å². The first-order chi connectivity index (χ1) is 10.5. The maximum Gasteiger partial charge on any atom is 0.315 e. The minimum atomic E-state index is -0.730. The average molecular weight is 325 g/mol. The lowest BCUT2D eigenvalue weighted by Gasteiger charge is -2.27. The van der Waals surface area contributed by atoms with Crippen LogP contribution in [0.15, 0.2) is 5.38 Å². The van der Waals surface area contributed by atoms with Crippen molar-refractivity contribution in [2.75, 3.05) is 0 Å². The van der Waals surface area contributed by atoms with Gasteiger partial charge in [0.05, 0.1) is 22.7 Å². The molecule has 0 bridgehead atoms. The molecule has 1 heterocycles. The van der Waals surface area contributed by atoms with Crippen molar-refractivity contribution in [3.8, 4) is 0 Å². The summed E-state index contributed by atoms with van der Waals surface area (Å²) in [5.74, 6) is -0.991. The normalized spacial score (nSPS) is 22.8. The second-order valence-electron chi connectivity index (χ2n) is 5.75. The molecule has 0 radical (unpaired) electrons. The quantitative estimate of drug-likeness (QED) is 0.776. The van der Waals surface area contributed by atoms with Gasteiger partial charge in [0.2, 0.25) is 0 Å². The van der Waals surface area contributed by atoms with Gasteiger partial charge in [-0.2, -0.15) is 0 Å². The Hall–Kier alpha value is -1.63. The second kappa shape index (κ2) is 7.58. The smallest absolute Gasteiger partial charge is 0.315 e. The van der Waals surface area contributed by atoms with Gasteiger partial charge in [-0.05, 0) is 39.0 Å². The Morgan fingerprint density at radius 2 is 2.09 bits per heavy atom. The summed E-state index contributed by atoms with van der Waals surface area (Å²) in [6.07, 6.45) is 3.59. The largest absolute Gasteiger partial charge is 0.481 e. The predicted octanol–water partition coefficient (Wildman–Crippen LogP) is 2.71. The summed E-state index contributed by atoms with van der Waals surface area (Å²) in [6.45, 7) is 3.97. The van der Waals surface area contributed by atoms with Crippen molar-refractivity contribution in [1.29, 1.82) is 0 Å². The van der Waals surface area contributed by atoms with Crippen molar-refractivity contribution in [1.82, 2.24) is 15.6 Å². The molecule has 1 saturated carbocycles. The number of hydrogen-bond donors (Lipinski definition) is 3. The number of carboxylic acids is 1. The number of nitrogens with zero attached hydrogens (tertiary/aromatic N) is 1. The van der Waals surface area contributed by atoms with Crippen LogP contribution in [-0.4, -0.2) is 28.1 Å². The van der Waals surface area contributed by atoms with E-state index >= 15 is 0 Å². The van der Waals surface area contributed by atoms with E-state index in [0.29, 0.717) is 12.8 Å². The average Bonchev–Trinajstić information content (AvgIpc) is 2.96. The summed E-state index contributed by atoms with van der Waals surface area (Å²) < 4.78 is 0. The third-order valence-electron chi connectivity index (χ3n) is 4.07. The number of amides is 2. The number of aliphatic carboxylic acids is 1. The van der Waals surface area contributed by atoms with E-state index in [4.69, 9.17) is 5.11 Å². The molecule has 1 fully saturated rings. The van der Waals surface area contributed by atoms with Crippen molar-refractivity contribution >= 4 is 23.3 Å². The minimum Gasteiger partial charge on any atom is -0.481 e. The summed E-state index contributed by atoms with van der Waals surface area (Å²) in [5, 5.41) is 17.8. The number of aromatic nitrogens is 1. The highest BCUT2D eigenvalue weighted by molar-refractivity contribution is 7.09. The van der Waals surface area contributed by atoms with Crippen molar-refractivity contribution in [2.45, 2.75) is 58.0 Å². The molecule has 1 aliphatic carbocycles. The SMILES string of the molecule is CCc1nc(C(C)NC(=O)NC2CCC(C(=O)O)CC2)cs1. The Morgan fingerprint density at radius 3 is 2.64 bits per heavy atom. The number of urea groups is 1. The van der Waals surface area contributed by atoms with Gasteiger partial charge in [0.1, 0.15) is 0 Å². The highest BCUT2D eigenvalue weighted by atomic mass is 32.1. The van der Waals surface area contributed by atoms with E-state index in [1.54, 1.807) is 11.3 Å². The van der Waals surface area contributed by atoms with Crippen LogP contribution < -0.4 is 10.6 Å². The van der Waals surface area contributed by atoms with Crippen LogP contribution in [0.25, 0.3) is 0 Å². The van der Waals surface area contributed by atoms with Crippen LogP contribution in [0.3, 0.4) is 0 Å². The molecule has 6 nitrogen and oxygen atoms in total. The standard InChI is InChI=1S/C15H23N3O3S/c1-3-13-18-12(8-22-13)9(2)16-15(21)17-11-6-4-10(5-7-11)14(19)20/h8-11H,3-7H2,1-2H3,(H,19,20)(H2,16,17,21). The number of thiazole rings is 1. The third-order valence-corrected chi connectivity index (χ3v) is 5.09. The van der Waals surface area contributed by atoms with Gasteiger partial charge >= 0.3 is 12.0 Å². The molecule has 122 valence electrons. The zero-order valence-electron chi connectivity index (χ0n) is 13.0. The number of carbonyl (C=O) groups is 2. The summed E-state index contributed by atoms with van der Waals surface area (Å²) in [4.78, 5) is 27.4. The molecule has 3 N–H and O–H groups in total. The first-order valence-corrected chi connectivity index (χ1v) is 8.61. The van der Waals surface area contributed by atoms with Gasteiger partial charge in [0, 0.05) is 11.4 Å². The van der Waals surface area contributed by atoms with E-state index in [0.717, 1.165) is 30.0 Å². The lowest BCUT2D eigenvalue weighted by molar-refractivity contribution is -0.142. The molecule has 0 aromatic carbocycles. The summed E-state index contributed by atoms with van der Waals surface area (Å²) in [6, 6.07) is -0.284. The minimum absolute atomic E-state index is 0.0597. The predicted molar refractivity (Wildman–Crippen MR) is 85.0 cm³/mol. The molecular formula is C15H23N3O3S. The Morgan fingerprint density at radius 1 is 1.41 bits per heavy atom. The van der Waals surface area contributed by atoms with E-state index in [1.165, 1.54) is 0 Å². The number of carboxylic acid groups (broad SMARTS) is 1. The first-order valence-electron chi connectivity index (χ1n) is 7.73. The van der Waals surface area contributed by atoms with Gasteiger partial charge in [0.25, 0.3) is 0 Å². The Kier molecular flexibility index (Phi) is 5.76. The molecular weight excluding hydrogens is 302 g/mol. The Labute approximate surface area is 134 Å².